The summed E-state index contributed by atoms with van der Waals surface area (Å²) in [6, 6.07) is 0. The lowest BCUT2D eigenvalue weighted by Gasteiger charge is -2.14. The molecule has 1 aliphatic rings. The van der Waals surface area contributed by atoms with E-state index in [9.17, 15) is 14.4 Å². The van der Waals surface area contributed by atoms with E-state index >= 15 is 0 Å². The summed E-state index contributed by atoms with van der Waals surface area (Å²) in [5, 5.41) is 8.39. The first-order chi connectivity index (χ1) is 9.04. The molecule has 0 fully saturated rings. The highest BCUT2D eigenvalue weighted by atomic mass is 16.5. The number of nitrogens with zero attached hydrogens (tertiary/aromatic N) is 1. The average molecular weight is 268 g/mol. The second-order valence-corrected chi connectivity index (χ2v) is 4.86. The van der Waals surface area contributed by atoms with Gasteiger partial charge in [-0.1, -0.05) is 26.2 Å². The lowest BCUT2D eigenvalue weighted by Crippen LogP contribution is -2.30. The van der Waals surface area contributed by atoms with Crippen LogP contribution >= 0.6 is 0 Å². The Morgan fingerprint density at radius 1 is 1.26 bits per heavy atom. The van der Waals surface area contributed by atoms with E-state index in [1.54, 1.807) is 5.48 Å². The molecule has 0 bridgehead atoms. The third-order valence-electron chi connectivity index (χ3n) is 3.14. The zero-order valence-corrected chi connectivity index (χ0v) is 11.1. The molecule has 0 aromatic rings. The number of imide groups is 1. The van der Waals surface area contributed by atoms with Gasteiger partial charge in [-0.15, -0.1) is 0 Å². The van der Waals surface area contributed by atoms with Gasteiger partial charge in [0, 0.05) is 25.1 Å². The van der Waals surface area contributed by atoms with E-state index in [4.69, 9.17) is 5.21 Å². The Morgan fingerprint density at radius 2 is 1.89 bits per heavy atom. The SMILES string of the molecule is CC(CCCCCN1C(=O)C=CC1=O)CC(=O)NO. The molecule has 1 rings (SSSR count). The second-order valence-electron chi connectivity index (χ2n) is 4.86. The summed E-state index contributed by atoms with van der Waals surface area (Å²) in [7, 11) is 0. The number of carbonyl (C=O) groups excluding carboxylic acids is 3. The van der Waals surface area contributed by atoms with E-state index in [1.165, 1.54) is 17.1 Å². The first-order valence-electron chi connectivity index (χ1n) is 6.51. The normalized spacial score (nSPS) is 16.0. The van der Waals surface area contributed by atoms with E-state index in [-0.39, 0.29) is 23.6 Å². The van der Waals surface area contributed by atoms with Crippen molar-refractivity contribution in [2.75, 3.05) is 6.54 Å². The summed E-state index contributed by atoms with van der Waals surface area (Å²) in [6.07, 6.45) is 6.39. The molecule has 0 spiro atoms. The first-order valence-corrected chi connectivity index (χ1v) is 6.51. The Kier molecular flexibility index (Phi) is 6.21. The molecule has 0 aliphatic carbocycles. The molecule has 1 atom stereocenters. The van der Waals surface area contributed by atoms with Gasteiger partial charge in [0.1, 0.15) is 0 Å². The maximum Gasteiger partial charge on any atom is 0.253 e. The zero-order chi connectivity index (χ0) is 14.3. The van der Waals surface area contributed by atoms with Gasteiger partial charge < -0.3 is 0 Å². The minimum Gasteiger partial charge on any atom is -0.289 e. The van der Waals surface area contributed by atoms with Crippen molar-refractivity contribution in [3.8, 4) is 0 Å². The van der Waals surface area contributed by atoms with Gasteiger partial charge in [-0.3, -0.25) is 24.5 Å². The van der Waals surface area contributed by atoms with E-state index in [1.807, 2.05) is 6.92 Å². The smallest absolute Gasteiger partial charge is 0.253 e. The quantitative estimate of drug-likeness (QED) is 0.297. The van der Waals surface area contributed by atoms with Gasteiger partial charge in [-0.25, -0.2) is 5.48 Å². The largest absolute Gasteiger partial charge is 0.289 e. The van der Waals surface area contributed by atoms with E-state index < -0.39 is 0 Å². The predicted octanol–water partition coefficient (Wildman–Crippen LogP) is 1.00. The molecule has 1 aliphatic heterocycles. The summed E-state index contributed by atoms with van der Waals surface area (Å²) < 4.78 is 0. The van der Waals surface area contributed by atoms with Crippen molar-refractivity contribution in [2.45, 2.75) is 39.0 Å². The molecule has 1 heterocycles. The minimum atomic E-state index is -0.369. The maximum absolute atomic E-state index is 11.3. The summed E-state index contributed by atoms with van der Waals surface area (Å²) in [6.45, 7) is 2.41. The Morgan fingerprint density at radius 3 is 2.47 bits per heavy atom. The van der Waals surface area contributed by atoms with Crippen LogP contribution in [0.5, 0.6) is 0 Å². The summed E-state index contributed by atoms with van der Waals surface area (Å²) >= 11 is 0. The topological polar surface area (TPSA) is 86.7 Å². The van der Waals surface area contributed by atoms with Crippen LogP contribution in [0.3, 0.4) is 0 Å². The third-order valence-corrected chi connectivity index (χ3v) is 3.14. The van der Waals surface area contributed by atoms with Crippen LogP contribution in [-0.4, -0.2) is 34.4 Å². The van der Waals surface area contributed by atoms with Gasteiger partial charge >= 0.3 is 0 Å². The summed E-state index contributed by atoms with van der Waals surface area (Å²) in [4.78, 5) is 34.7. The number of carbonyl (C=O) groups is 3. The molecule has 1 unspecified atom stereocenters. The van der Waals surface area contributed by atoms with Crippen LogP contribution in [0.2, 0.25) is 0 Å². The predicted molar refractivity (Wildman–Crippen MR) is 68.0 cm³/mol. The fraction of sp³-hybridized carbons (Fsp3) is 0.615. The Hall–Kier alpha value is -1.69. The summed E-state index contributed by atoms with van der Waals surface area (Å²) in [5.74, 6) is -0.633. The molecule has 3 amide bonds. The zero-order valence-electron chi connectivity index (χ0n) is 11.1. The fourth-order valence-electron chi connectivity index (χ4n) is 2.06. The highest BCUT2D eigenvalue weighted by Crippen LogP contribution is 2.14. The monoisotopic (exact) mass is 268 g/mol. The molecule has 6 nitrogen and oxygen atoms in total. The van der Waals surface area contributed by atoms with E-state index in [2.05, 4.69) is 0 Å². The number of unbranched alkanes of at least 4 members (excludes halogenated alkanes) is 2. The molecule has 0 saturated carbocycles. The number of amides is 3. The van der Waals surface area contributed by atoms with Gasteiger partial charge in [0.25, 0.3) is 11.8 Å². The number of nitrogens with one attached hydrogen (secondary N) is 1. The molecular formula is C13H20N2O4. The maximum atomic E-state index is 11.3. The van der Waals surface area contributed by atoms with Crippen molar-refractivity contribution < 1.29 is 19.6 Å². The molecule has 6 heteroatoms. The Balaban J connectivity index is 2.07. The van der Waals surface area contributed by atoms with Crippen LogP contribution in [0.25, 0.3) is 0 Å². The highest BCUT2D eigenvalue weighted by molar-refractivity contribution is 6.12. The molecule has 19 heavy (non-hydrogen) atoms. The van der Waals surface area contributed by atoms with Gasteiger partial charge in [-0.2, -0.15) is 0 Å². The standard InChI is InChI=1S/C13H20N2O4/c1-10(9-11(16)14-19)5-3-2-4-8-15-12(17)6-7-13(15)18/h6-7,10,19H,2-5,8-9H2,1H3,(H,14,16). The van der Waals surface area contributed by atoms with Gasteiger partial charge in [0.15, 0.2) is 0 Å². The second kappa shape index (κ2) is 7.68. The van der Waals surface area contributed by atoms with Gasteiger partial charge in [0.2, 0.25) is 5.91 Å². The minimum absolute atomic E-state index is 0.212. The first kappa shape index (κ1) is 15.4. The molecule has 0 radical (unpaired) electrons. The van der Waals surface area contributed by atoms with Gasteiger partial charge in [0.05, 0.1) is 0 Å². The summed E-state index contributed by atoms with van der Waals surface area (Å²) in [5.41, 5.74) is 1.62. The molecule has 106 valence electrons. The molecule has 0 saturated heterocycles. The number of hydrogen-bond acceptors (Lipinski definition) is 4. The average Bonchev–Trinajstić information content (AvgIpc) is 2.69. The van der Waals surface area contributed by atoms with Crippen molar-refractivity contribution >= 4 is 17.7 Å². The molecule has 0 aromatic heterocycles. The van der Waals surface area contributed by atoms with Crippen molar-refractivity contribution in [3.63, 3.8) is 0 Å². The number of rotatable bonds is 8. The van der Waals surface area contributed by atoms with Crippen LogP contribution in [0, 0.1) is 5.92 Å². The lowest BCUT2D eigenvalue weighted by atomic mass is 9.99. The van der Waals surface area contributed by atoms with Gasteiger partial charge in [-0.05, 0) is 12.3 Å². The van der Waals surface area contributed by atoms with Crippen LogP contribution < -0.4 is 5.48 Å². The van der Waals surface area contributed by atoms with Crippen LogP contribution in [0.1, 0.15) is 39.0 Å². The fourth-order valence-corrected chi connectivity index (χ4v) is 2.06. The third kappa shape index (κ3) is 5.21. The molecular weight excluding hydrogens is 248 g/mol. The van der Waals surface area contributed by atoms with Crippen LogP contribution in [0.4, 0.5) is 0 Å². The van der Waals surface area contributed by atoms with Crippen molar-refractivity contribution in [2.24, 2.45) is 5.92 Å². The number of hydroxylamine groups is 1. The Bertz CT molecular complexity index is 361. The number of hydrogen-bond donors (Lipinski definition) is 2. The van der Waals surface area contributed by atoms with E-state index in [0.717, 1.165) is 25.7 Å². The molecule has 0 aromatic carbocycles. The molecule has 2 N–H and O–H groups in total. The highest BCUT2D eigenvalue weighted by Gasteiger charge is 2.22. The van der Waals surface area contributed by atoms with Crippen LogP contribution in [0.15, 0.2) is 12.2 Å². The van der Waals surface area contributed by atoms with Crippen LogP contribution in [-0.2, 0) is 14.4 Å². The van der Waals surface area contributed by atoms with E-state index in [0.29, 0.717) is 13.0 Å². The van der Waals surface area contributed by atoms with Crippen molar-refractivity contribution in [1.29, 1.82) is 0 Å². The van der Waals surface area contributed by atoms with Crippen molar-refractivity contribution in [3.05, 3.63) is 12.2 Å². The van der Waals surface area contributed by atoms with Crippen molar-refractivity contribution in [1.82, 2.24) is 10.4 Å². The Labute approximate surface area is 112 Å². The lowest BCUT2D eigenvalue weighted by molar-refractivity contribution is -0.137.